The summed E-state index contributed by atoms with van der Waals surface area (Å²) in [6, 6.07) is 0. The van der Waals surface area contributed by atoms with Crippen LogP contribution in [-0.4, -0.2) is 42.7 Å². The first-order valence-corrected chi connectivity index (χ1v) is 10.6. The molecule has 136 valence electrons. The molecular formula is C15H21F3N2O2S2. The largest absolute Gasteiger partial charge is 0.392 e. The molecule has 24 heavy (non-hydrogen) atoms. The van der Waals surface area contributed by atoms with Gasteiger partial charge in [0.2, 0.25) is 10.0 Å². The van der Waals surface area contributed by atoms with Crippen LogP contribution in [0.2, 0.25) is 0 Å². The molecule has 2 aliphatic rings. The number of hydrogen-bond donors (Lipinski definition) is 0. The third-order valence-corrected chi connectivity index (χ3v) is 8.28. The van der Waals surface area contributed by atoms with Gasteiger partial charge in [-0.25, -0.2) is 17.7 Å². The minimum absolute atomic E-state index is 0.0151. The van der Waals surface area contributed by atoms with Gasteiger partial charge >= 0.3 is 6.18 Å². The summed E-state index contributed by atoms with van der Waals surface area (Å²) in [6.07, 6.45) is -2.31. The van der Waals surface area contributed by atoms with Gasteiger partial charge in [-0.15, -0.1) is 11.3 Å². The van der Waals surface area contributed by atoms with E-state index < -0.39 is 27.5 Å². The number of sulfonamides is 1. The highest BCUT2D eigenvalue weighted by Gasteiger charge is 2.59. The summed E-state index contributed by atoms with van der Waals surface area (Å²) in [4.78, 5) is 5.02. The zero-order valence-corrected chi connectivity index (χ0v) is 15.1. The van der Waals surface area contributed by atoms with Crippen LogP contribution in [0.15, 0.2) is 5.51 Å². The third-order valence-electron chi connectivity index (χ3n) is 5.47. The number of aryl methyl sites for hydroxylation is 2. The van der Waals surface area contributed by atoms with Crippen LogP contribution < -0.4 is 0 Å². The van der Waals surface area contributed by atoms with E-state index in [9.17, 15) is 21.6 Å². The van der Waals surface area contributed by atoms with Crippen molar-refractivity contribution < 1.29 is 21.6 Å². The first kappa shape index (κ1) is 18.1. The molecule has 1 unspecified atom stereocenters. The number of hydrogen-bond acceptors (Lipinski definition) is 4. The van der Waals surface area contributed by atoms with Gasteiger partial charge in [-0.1, -0.05) is 6.42 Å². The van der Waals surface area contributed by atoms with E-state index in [1.165, 1.54) is 15.6 Å². The summed E-state index contributed by atoms with van der Waals surface area (Å²) in [6.45, 7) is 1.81. The molecule has 0 aromatic carbocycles. The Morgan fingerprint density at radius 1 is 1.42 bits per heavy atom. The fourth-order valence-corrected chi connectivity index (χ4v) is 6.39. The van der Waals surface area contributed by atoms with Gasteiger partial charge in [-0.3, -0.25) is 0 Å². The fourth-order valence-electron chi connectivity index (χ4n) is 3.92. The number of halogens is 3. The van der Waals surface area contributed by atoms with Gasteiger partial charge in [0, 0.05) is 18.0 Å². The summed E-state index contributed by atoms with van der Waals surface area (Å²) in [5.74, 6) is -1.43. The van der Waals surface area contributed by atoms with Gasteiger partial charge in [-0.05, 0) is 38.0 Å². The molecule has 1 saturated carbocycles. The average Bonchev–Trinajstić information content (AvgIpc) is 2.87. The Morgan fingerprint density at radius 3 is 2.62 bits per heavy atom. The number of thiazole rings is 1. The maximum Gasteiger partial charge on any atom is 0.392 e. The smallest absolute Gasteiger partial charge is 0.250 e. The maximum atomic E-state index is 13.3. The van der Waals surface area contributed by atoms with Crippen molar-refractivity contribution >= 4 is 21.4 Å². The van der Waals surface area contributed by atoms with Crippen molar-refractivity contribution in [1.29, 1.82) is 0 Å². The first-order valence-electron chi connectivity index (χ1n) is 8.08. The Morgan fingerprint density at radius 2 is 2.12 bits per heavy atom. The summed E-state index contributed by atoms with van der Waals surface area (Å²) in [5, 5.41) is 0. The molecule has 1 aliphatic carbocycles. The molecule has 1 aromatic heterocycles. The molecule has 1 aromatic rings. The Kier molecular flexibility index (Phi) is 4.72. The number of nitrogens with zero attached hydrogens (tertiary/aromatic N) is 2. The summed E-state index contributed by atoms with van der Waals surface area (Å²) >= 11 is 1.41. The highest BCUT2D eigenvalue weighted by Crippen LogP contribution is 2.56. The van der Waals surface area contributed by atoms with Crippen LogP contribution in [0.1, 0.15) is 36.3 Å². The van der Waals surface area contributed by atoms with E-state index in [4.69, 9.17) is 0 Å². The lowest BCUT2D eigenvalue weighted by Gasteiger charge is -2.53. The highest BCUT2D eigenvalue weighted by molar-refractivity contribution is 7.89. The van der Waals surface area contributed by atoms with Crippen LogP contribution in [0.3, 0.4) is 0 Å². The molecule has 1 aliphatic heterocycles. The van der Waals surface area contributed by atoms with Gasteiger partial charge in [0.15, 0.2) is 0 Å². The van der Waals surface area contributed by atoms with E-state index in [-0.39, 0.29) is 25.3 Å². The zero-order valence-electron chi connectivity index (χ0n) is 13.5. The second-order valence-electron chi connectivity index (χ2n) is 6.86. The van der Waals surface area contributed by atoms with Crippen LogP contribution in [0.5, 0.6) is 0 Å². The minimum atomic E-state index is -4.24. The summed E-state index contributed by atoms with van der Waals surface area (Å²) in [7, 11) is -3.55. The van der Waals surface area contributed by atoms with Crippen LogP contribution in [0.4, 0.5) is 13.2 Å². The molecule has 1 spiro atoms. The van der Waals surface area contributed by atoms with Crippen molar-refractivity contribution in [2.75, 3.05) is 18.8 Å². The number of alkyl halides is 3. The van der Waals surface area contributed by atoms with Crippen molar-refractivity contribution in [3.05, 3.63) is 16.1 Å². The van der Waals surface area contributed by atoms with Crippen LogP contribution in [0, 0.1) is 18.3 Å². The molecular weight excluding hydrogens is 361 g/mol. The highest BCUT2D eigenvalue weighted by atomic mass is 32.2. The summed E-state index contributed by atoms with van der Waals surface area (Å²) in [5.41, 5.74) is 1.60. The number of aromatic nitrogens is 1. The molecule has 3 rings (SSSR count). The van der Waals surface area contributed by atoms with Crippen LogP contribution >= 0.6 is 11.3 Å². The van der Waals surface area contributed by atoms with Crippen molar-refractivity contribution in [3.63, 3.8) is 0 Å². The van der Waals surface area contributed by atoms with E-state index in [0.29, 0.717) is 19.3 Å². The second kappa shape index (κ2) is 6.25. The molecule has 2 fully saturated rings. The SMILES string of the molecule is Cc1ncsc1CCS(=O)(=O)N1CCC(C(F)(F)F)C2(CCC2)C1. The molecule has 0 amide bonds. The molecule has 1 atom stereocenters. The van der Waals surface area contributed by atoms with Crippen molar-refractivity contribution in [3.8, 4) is 0 Å². The van der Waals surface area contributed by atoms with E-state index in [2.05, 4.69) is 4.98 Å². The van der Waals surface area contributed by atoms with E-state index in [1.807, 2.05) is 6.92 Å². The quantitative estimate of drug-likeness (QED) is 0.802. The summed E-state index contributed by atoms with van der Waals surface area (Å²) < 4.78 is 66.4. The molecule has 0 radical (unpaired) electrons. The fraction of sp³-hybridized carbons (Fsp3) is 0.800. The van der Waals surface area contributed by atoms with Crippen molar-refractivity contribution in [1.82, 2.24) is 9.29 Å². The Labute approximate surface area is 144 Å². The molecule has 0 bridgehead atoms. The van der Waals surface area contributed by atoms with Gasteiger partial charge in [0.25, 0.3) is 0 Å². The lowest BCUT2D eigenvalue weighted by Crippen LogP contribution is -2.58. The van der Waals surface area contributed by atoms with Gasteiger partial charge < -0.3 is 0 Å². The van der Waals surface area contributed by atoms with E-state index in [0.717, 1.165) is 17.0 Å². The zero-order chi connectivity index (χ0) is 17.6. The standard InChI is InChI=1S/C15H21F3N2O2S2/c1-11-12(23-10-19-11)4-8-24(21,22)20-7-3-13(15(16,17)18)14(9-20)5-2-6-14/h10,13H,2-9H2,1H3. The molecule has 0 N–H and O–H groups in total. The van der Waals surface area contributed by atoms with Crippen LogP contribution in [0.25, 0.3) is 0 Å². The predicted molar refractivity (Wildman–Crippen MR) is 86.4 cm³/mol. The van der Waals surface area contributed by atoms with Gasteiger partial charge in [-0.2, -0.15) is 13.2 Å². The van der Waals surface area contributed by atoms with E-state index >= 15 is 0 Å². The van der Waals surface area contributed by atoms with E-state index in [1.54, 1.807) is 5.51 Å². The number of rotatable bonds is 4. The van der Waals surface area contributed by atoms with Crippen LogP contribution in [-0.2, 0) is 16.4 Å². The lowest BCUT2D eigenvalue weighted by atomic mass is 9.58. The third kappa shape index (κ3) is 3.35. The Hall–Kier alpha value is -0.670. The molecule has 9 heteroatoms. The Balaban J connectivity index is 1.70. The molecule has 2 heterocycles. The monoisotopic (exact) mass is 382 g/mol. The maximum absolute atomic E-state index is 13.3. The van der Waals surface area contributed by atoms with Gasteiger partial charge in [0.1, 0.15) is 0 Å². The van der Waals surface area contributed by atoms with Gasteiger partial charge in [0.05, 0.1) is 22.9 Å². The second-order valence-corrected chi connectivity index (χ2v) is 9.89. The molecule has 1 saturated heterocycles. The molecule has 4 nitrogen and oxygen atoms in total. The first-order chi connectivity index (χ1) is 11.1. The topological polar surface area (TPSA) is 50.3 Å². The Bertz CT molecular complexity index is 696. The predicted octanol–water partition coefficient (Wildman–Crippen LogP) is 3.38. The lowest BCUT2D eigenvalue weighted by molar-refractivity contribution is -0.233. The average molecular weight is 382 g/mol. The normalized spacial score (nSPS) is 24.9. The number of piperidine rings is 1. The minimum Gasteiger partial charge on any atom is -0.250 e. The van der Waals surface area contributed by atoms with Crippen molar-refractivity contribution in [2.24, 2.45) is 11.3 Å². The van der Waals surface area contributed by atoms with Crippen molar-refractivity contribution in [2.45, 2.75) is 45.2 Å².